The first kappa shape index (κ1) is 14.3. The molecule has 0 aromatic carbocycles. The van der Waals surface area contributed by atoms with E-state index in [1.807, 2.05) is 0 Å². The summed E-state index contributed by atoms with van der Waals surface area (Å²) in [6.45, 7) is 9.30. The van der Waals surface area contributed by atoms with Gasteiger partial charge in [0.05, 0.1) is 0 Å². The zero-order valence-corrected chi connectivity index (χ0v) is 12.7. The second-order valence-corrected chi connectivity index (χ2v) is 7.17. The Kier molecular flexibility index (Phi) is 4.05. The lowest BCUT2D eigenvalue weighted by atomic mass is 9.81. The van der Waals surface area contributed by atoms with Crippen LogP contribution in [0.2, 0.25) is 0 Å². The third kappa shape index (κ3) is 2.59. The molecule has 1 saturated heterocycles. The van der Waals surface area contributed by atoms with Crippen molar-refractivity contribution in [2.45, 2.75) is 45.1 Å². The Morgan fingerprint density at radius 2 is 1.89 bits per heavy atom. The van der Waals surface area contributed by atoms with E-state index in [1.54, 1.807) is 0 Å². The fraction of sp³-hybridized carbons (Fsp3) is 1.00. The van der Waals surface area contributed by atoms with Gasteiger partial charge in [-0.05, 0) is 71.1 Å². The molecular weight excluding hydrogens is 222 g/mol. The van der Waals surface area contributed by atoms with Crippen molar-refractivity contribution >= 4 is 0 Å². The monoisotopic (exact) mass is 253 g/mol. The van der Waals surface area contributed by atoms with Gasteiger partial charge in [-0.3, -0.25) is 4.90 Å². The lowest BCUT2D eigenvalue weighted by Crippen LogP contribution is -2.57. The van der Waals surface area contributed by atoms with Crippen LogP contribution in [0.15, 0.2) is 0 Å². The number of nitrogens with zero attached hydrogens (tertiary/aromatic N) is 2. The van der Waals surface area contributed by atoms with Gasteiger partial charge >= 0.3 is 0 Å². The Hall–Kier alpha value is -0.120. The molecule has 0 radical (unpaired) electrons. The summed E-state index contributed by atoms with van der Waals surface area (Å²) in [5, 5.41) is 0. The topological polar surface area (TPSA) is 32.5 Å². The van der Waals surface area contributed by atoms with Crippen LogP contribution in [0.3, 0.4) is 0 Å². The van der Waals surface area contributed by atoms with Crippen molar-refractivity contribution in [3.05, 3.63) is 0 Å². The van der Waals surface area contributed by atoms with E-state index in [4.69, 9.17) is 5.73 Å². The average molecular weight is 253 g/mol. The van der Waals surface area contributed by atoms with Crippen LogP contribution in [0.4, 0.5) is 0 Å². The molecular formula is C15H31N3. The lowest BCUT2D eigenvalue weighted by Gasteiger charge is -2.45. The SMILES string of the molecule is CN1CCC(CN(C)C(C)(CN)C2(C)CC2)CC1. The van der Waals surface area contributed by atoms with Crippen LogP contribution in [-0.4, -0.2) is 55.6 Å². The number of piperidine rings is 1. The average Bonchev–Trinajstić information content (AvgIpc) is 3.10. The lowest BCUT2D eigenvalue weighted by molar-refractivity contribution is 0.0469. The summed E-state index contributed by atoms with van der Waals surface area (Å²) < 4.78 is 0. The van der Waals surface area contributed by atoms with Gasteiger partial charge in [-0.2, -0.15) is 0 Å². The minimum atomic E-state index is 0.191. The van der Waals surface area contributed by atoms with Crippen molar-refractivity contribution in [1.29, 1.82) is 0 Å². The maximum Gasteiger partial charge on any atom is 0.0354 e. The number of nitrogens with two attached hydrogens (primary N) is 1. The van der Waals surface area contributed by atoms with Crippen molar-refractivity contribution in [2.75, 3.05) is 40.3 Å². The van der Waals surface area contributed by atoms with Crippen molar-refractivity contribution in [3.63, 3.8) is 0 Å². The Bertz CT molecular complexity index is 279. The number of hydrogen-bond donors (Lipinski definition) is 1. The van der Waals surface area contributed by atoms with Crippen LogP contribution >= 0.6 is 0 Å². The smallest absolute Gasteiger partial charge is 0.0354 e. The molecule has 0 spiro atoms. The molecule has 1 aliphatic heterocycles. The van der Waals surface area contributed by atoms with Crippen LogP contribution in [-0.2, 0) is 0 Å². The number of rotatable bonds is 5. The third-order valence-corrected chi connectivity index (χ3v) is 5.91. The van der Waals surface area contributed by atoms with Crippen LogP contribution in [0.1, 0.15) is 39.5 Å². The van der Waals surface area contributed by atoms with Gasteiger partial charge in [0, 0.05) is 18.6 Å². The first-order chi connectivity index (χ1) is 8.41. The van der Waals surface area contributed by atoms with Crippen molar-refractivity contribution in [1.82, 2.24) is 9.80 Å². The Morgan fingerprint density at radius 3 is 2.33 bits per heavy atom. The molecule has 0 aromatic heterocycles. The van der Waals surface area contributed by atoms with Crippen molar-refractivity contribution < 1.29 is 0 Å². The number of likely N-dealkylation sites (tertiary alicyclic amines) is 1. The molecule has 1 heterocycles. The van der Waals surface area contributed by atoms with Crippen molar-refractivity contribution in [3.8, 4) is 0 Å². The predicted octanol–water partition coefficient (Wildman–Crippen LogP) is 1.78. The van der Waals surface area contributed by atoms with Gasteiger partial charge < -0.3 is 10.6 Å². The molecule has 18 heavy (non-hydrogen) atoms. The first-order valence-electron chi connectivity index (χ1n) is 7.51. The summed E-state index contributed by atoms with van der Waals surface area (Å²) in [7, 11) is 4.52. The highest BCUT2D eigenvalue weighted by atomic mass is 15.2. The molecule has 2 rings (SSSR count). The van der Waals surface area contributed by atoms with Gasteiger partial charge in [0.25, 0.3) is 0 Å². The fourth-order valence-electron chi connectivity index (χ4n) is 3.42. The van der Waals surface area contributed by atoms with E-state index in [1.165, 1.54) is 45.3 Å². The van der Waals surface area contributed by atoms with Crippen LogP contribution in [0.25, 0.3) is 0 Å². The Balaban J connectivity index is 1.92. The highest BCUT2D eigenvalue weighted by molar-refractivity contribution is 5.09. The quantitative estimate of drug-likeness (QED) is 0.810. The van der Waals surface area contributed by atoms with Gasteiger partial charge in [-0.15, -0.1) is 0 Å². The molecule has 106 valence electrons. The molecule has 2 fully saturated rings. The summed E-state index contributed by atoms with van der Waals surface area (Å²) in [6.07, 6.45) is 5.38. The van der Waals surface area contributed by atoms with E-state index in [9.17, 15) is 0 Å². The zero-order chi connectivity index (χ0) is 13.4. The molecule has 2 aliphatic rings. The molecule has 1 saturated carbocycles. The Labute approximate surface area is 113 Å². The largest absolute Gasteiger partial charge is 0.329 e. The van der Waals surface area contributed by atoms with E-state index in [0.717, 1.165) is 12.5 Å². The predicted molar refractivity (Wildman–Crippen MR) is 77.7 cm³/mol. The minimum absolute atomic E-state index is 0.191. The molecule has 1 atom stereocenters. The van der Waals surface area contributed by atoms with E-state index < -0.39 is 0 Å². The minimum Gasteiger partial charge on any atom is -0.329 e. The van der Waals surface area contributed by atoms with Crippen molar-refractivity contribution in [2.24, 2.45) is 17.1 Å². The molecule has 0 bridgehead atoms. The highest BCUT2D eigenvalue weighted by Crippen LogP contribution is 2.55. The van der Waals surface area contributed by atoms with Gasteiger partial charge in [0.1, 0.15) is 0 Å². The molecule has 0 aromatic rings. The normalized spacial score (nSPS) is 28.3. The van der Waals surface area contributed by atoms with E-state index in [2.05, 4.69) is 37.7 Å². The number of likely N-dealkylation sites (N-methyl/N-ethyl adjacent to an activating group) is 1. The van der Waals surface area contributed by atoms with Gasteiger partial charge in [0.2, 0.25) is 0 Å². The van der Waals surface area contributed by atoms with Crippen LogP contribution in [0.5, 0.6) is 0 Å². The summed E-state index contributed by atoms with van der Waals surface area (Å²) in [6, 6.07) is 0. The fourth-order valence-corrected chi connectivity index (χ4v) is 3.42. The molecule has 3 heteroatoms. The zero-order valence-electron chi connectivity index (χ0n) is 12.7. The Morgan fingerprint density at radius 1 is 1.33 bits per heavy atom. The molecule has 3 nitrogen and oxygen atoms in total. The van der Waals surface area contributed by atoms with Crippen LogP contribution < -0.4 is 5.73 Å². The first-order valence-corrected chi connectivity index (χ1v) is 7.51. The number of hydrogen-bond acceptors (Lipinski definition) is 3. The maximum absolute atomic E-state index is 6.11. The van der Waals surface area contributed by atoms with Gasteiger partial charge in [0.15, 0.2) is 0 Å². The van der Waals surface area contributed by atoms with E-state index >= 15 is 0 Å². The van der Waals surface area contributed by atoms with Crippen LogP contribution in [0, 0.1) is 11.3 Å². The van der Waals surface area contributed by atoms with Gasteiger partial charge in [-0.25, -0.2) is 0 Å². The standard InChI is InChI=1S/C15H31N3/c1-14(7-8-14)15(2,12-16)18(4)11-13-5-9-17(3)10-6-13/h13H,5-12,16H2,1-4H3. The highest BCUT2D eigenvalue weighted by Gasteiger charge is 2.54. The summed E-state index contributed by atoms with van der Waals surface area (Å²) >= 11 is 0. The second-order valence-electron chi connectivity index (χ2n) is 7.17. The molecule has 1 aliphatic carbocycles. The maximum atomic E-state index is 6.11. The molecule has 2 N–H and O–H groups in total. The van der Waals surface area contributed by atoms with E-state index in [0.29, 0.717) is 5.41 Å². The molecule has 0 amide bonds. The molecule has 1 unspecified atom stereocenters. The van der Waals surface area contributed by atoms with Gasteiger partial charge in [-0.1, -0.05) is 6.92 Å². The summed E-state index contributed by atoms with van der Waals surface area (Å²) in [4.78, 5) is 5.01. The van der Waals surface area contributed by atoms with E-state index in [-0.39, 0.29) is 5.54 Å². The summed E-state index contributed by atoms with van der Waals surface area (Å²) in [5.74, 6) is 0.861. The summed E-state index contributed by atoms with van der Waals surface area (Å²) in [5.41, 5.74) is 6.76. The third-order valence-electron chi connectivity index (χ3n) is 5.91. The second kappa shape index (κ2) is 5.10.